The minimum absolute atomic E-state index is 0.162. The third-order valence-electron chi connectivity index (χ3n) is 4.43. The number of rotatable bonds is 7. The second-order valence-corrected chi connectivity index (χ2v) is 6.47. The van der Waals surface area contributed by atoms with E-state index in [0.717, 1.165) is 30.6 Å². The molecular weight excluding hydrogens is 342 g/mol. The second-order valence-electron chi connectivity index (χ2n) is 6.47. The Morgan fingerprint density at radius 3 is 2.81 bits per heavy atom. The maximum Gasteiger partial charge on any atom is 0.196 e. The van der Waals surface area contributed by atoms with Gasteiger partial charge in [-0.2, -0.15) is 0 Å². The lowest BCUT2D eigenvalue weighted by Gasteiger charge is -2.15. The molecule has 1 atom stereocenters. The molecule has 0 saturated carbocycles. The van der Waals surface area contributed by atoms with Crippen molar-refractivity contribution in [2.45, 2.75) is 18.9 Å². The van der Waals surface area contributed by atoms with Crippen molar-refractivity contribution in [2.75, 3.05) is 38.7 Å². The highest BCUT2D eigenvalue weighted by atomic mass is 16.5. The number of hydrogen-bond acceptors (Lipinski definition) is 4. The SMILES string of the molecule is COCCNC(=NCC1CCCO1)Nc1cc(-c2ccccc2)ccc1O. The van der Waals surface area contributed by atoms with Crippen LogP contribution in [0.3, 0.4) is 0 Å². The van der Waals surface area contributed by atoms with E-state index in [1.807, 2.05) is 42.5 Å². The summed E-state index contributed by atoms with van der Waals surface area (Å²) in [5, 5.41) is 16.7. The van der Waals surface area contributed by atoms with Gasteiger partial charge in [0.05, 0.1) is 24.9 Å². The number of nitrogens with zero attached hydrogens (tertiary/aromatic N) is 1. The molecule has 1 aliphatic rings. The van der Waals surface area contributed by atoms with Crippen molar-refractivity contribution in [3.8, 4) is 16.9 Å². The van der Waals surface area contributed by atoms with Crippen molar-refractivity contribution in [3.63, 3.8) is 0 Å². The number of aliphatic imine (C=N–C) groups is 1. The topological polar surface area (TPSA) is 75.1 Å². The first-order chi connectivity index (χ1) is 13.3. The number of aromatic hydroxyl groups is 1. The van der Waals surface area contributed by atoms with Gasteiger partial charge in [0.25, 0.3) is 0 Å². The zero-order valence-corrected chi connectivity index (χ0v) is 15.6. The van der Waals surface area contributed by atoms with Crippen LogP contribution in [0.5, 0.6) is 5.75 Å². The fourth-order valence-corrected chi connectivity index (χ4v) is 2.97. The van der Waals surface area contributed by atoms with Crippen LogP contribution < -0.4 is 10.6 Å². The maximum atomic E-state index is 10.3. The lowest BCUT2D eigenvalue weighted by atomic mass is 10.0. The Morgan fingerprint density at radius 1 is 1.22 bits per heavy atom. The van der Waals surface area contributed by atoms with Crippen molar-refractivity contribution in [3.05, 3.63) is 48.5 Å². The van der Waals surface area contributed by atoms with Gasteiger partial charge in [-0.3, -0.25) is 4.99 Å². The molecule has 0 aliphatic carbocycles. The molecular formula is C21H27N3O3. The van der Waals surface area contributed by atoms with Crippen LogP contribution in [0, 0.1) is 0 Å². The minimum Gasteiger partial charge on any atom is -0.506 e. The Labute approximate surface area is 160 Å². The average molecular weight is 369 g/mol. The molecule has 3 rings (SSSR count). The van der Waals surface area contributed by atoms with E-state index in [0.29, 0.717) is 31.3 Å². The van der Waals surface area contributed by atoms with Crippen molar-refractivity contribution < 1.29 is 14.6 Å². The van der Waals surface area contributed by atoms with E-state index in [-0.39, 0.29) is 11.9 Å². The summed E-state index contributed by atoms with van der Waals surface area (Å²) in [5.74, 6) is 0.774. The number of anilines is 1. The van der Waals surface area contributed by atoms with Crippen molar-refractivity contribution in [1.29, 1.82) is 0 Å². The van der Waals surface area contributed by atoms with Crippen molar-refractivity contribution in [2.24, 2.45) is 4.99 Å². The summed E-state index contributed by atoms with van der Waals surface area (Å²) in [6, 6.07) is 15.6. The standard InChI is InChI=1S/C21H27N3O3/c1-26-13-11-22-21(23-15-18-8-5-12-27-18)24-19-14-17(9-10-20(19)25)16-6-3-2-4-7-16/h2-4,6-7,9-10,14,18,25H,5,8,11-13,15H2,1H3,(H2,22,23,24). The molecule has 1 saturated heterocycles. The summed E-state index contributed by atoms with van der Waals surface area (Å²) in [6.45, 7) is 2.57. The number of nitrogens with one attached hydrogen (secondary N) is 2. The smallest absolute Gasteiger partial charge is 0.196 e. The van der Waals surface area contributed by atoms with Gasteiger partial charge in [-0.05, 0) is 36.1 Å². The summed E-state index contributed by atoms with van der Waals surface area (Å²) in [5.41, 5.74) is 2.71. The molecule has 2 aromatic carbocycles. The summed E-state index contributed by atoms with van der Waals surface area (Å²) < 4.78 is 10.7. The van der Waals surface area contributed by atoms with Gasteiger partial charge < -0.3 is 25.2 Å². The fourth-order valence-electron chi connectivity index (χ4n) is 2.97. The molecule has 1 aliphatic heterocycles. The van der Waals surface area contributed by atoms with Gasteiger partial charge in [-0.15, -0.1) is 0 Å². The Kier molecular flexibility index (Phi) is 7.07. The van der Waals surface area contributed by atoms with Crippen molar-refractivity contribution in [1.82, 2.24) is 5.32 Å². The number of hydrogen-bond donors (Lipinski definition) is 3. The molecule has 1 heterocycles. The van der Waals surface area contributed by atoms with E-state index in [1.165, 1.54) is 0 Å². The van der Waals surface area contributed by atoms with Gasteiger partial charge in [0, 0.05) is 20.3 Å². The highest BCUT2D eigenvalue weighted by molar-refractivity contribution is 5.95. The van der Waals surface area contributed by atoms with Gasteiger partial charge in [0.15, 0.2) is 5.96 Å². The normalized spacial score (nSPS) is 17.1. The number of phenols is 1. The van der Waals surface area contributed by atoms with Gasteiger partial charge in [0.1, 0.15) is 5.75 Å². The van der Waals surface area contributed by atoms with Crippen LogP contribution in [0.2, 0.25) is 0 Å². The van der Waals surface area contributed by atoms with Crippen LogP contribution in [0.1, 0.15) is 12.8 Å². The largest absolute Gasteiger partial charge is 0.506 e. The quantitative estimate of drug-likeness (QED) is 0.302. The molecule has 0 amide bonds. The van der Waals surface area contributed by atoms with Crippen LogP contribution in [-0.2, 0) is 9.47 Å². The molecule has 0 aromatic heterocycles. The third-order valence-corrected chi connectivity index (χ3v) is 4.43. The first kappa shape index (κ1) is 19.2. The van der Waals surface area contributed by atoms with E-state index >= 15 is 0 Å². The first-order valence-corrected chi connectivity index (χ1v) is 9.30. The lowest BCUT2D eigenvalue weighted by molar-refractivity contribution is 0.118. The van der Waals surface area contributed by atoms with E-state index < -0.39 is 0 Å². The lowest BCUT2D eigenvalue weighted by Crippen LogP contribution is -2.34. The maximum absolute atomic E-state index is 10.3. The van der Waals surface area contributed by atoms with Crippen LogP contribution in [-0.4, -0.2) is 50.6 Å². The first-order valence-electron chi connectivity index (χ1n) is 9.30. The average Bonchev–Trinajstić information content (AvgIpc) is 3.22. The zero-order chi connectivity index (χ0) is 18.9. The Morgan fingerprint density at radius 2 is 2.07 bits per heavy atom. The monoisotopic (exact) mass is 369 g/mol. The van der Waals surface area contributed by atoms with E-state index in [9.17, 15) is 5.11 Å². The molecule has 0 bridgehead atoms. The number of phenolic OH excluding ortho intramolecular Hbond substituents is 1. The molecule has 3 N–H and O–H groups in total. The van der Waals surface area contributed by atoms with E-state index in [4.69, 9.17) is 9.47 Å². The van der Waals surface area contributed by atoms with Crippen LogP contribution in [0.15, 0.2) is 53.5 Å². The highest BCUT2D eigenvalue weighted by Gasteiger charge is 2.15. The van der Waals surface area contributed by atoms with E-state index in [1.54, 1.807) is 13.2 Å². The van der Waals surface area contributed by atoms with Gasteiger partial charge >= 0.3 is 0 Å². The fraction of sp³-hybridized carbons (Fsp3) is 0.381. The molecule has 6 nitrogen and oxygen atoms in total. The summed E-state index contributed by atoms with van der Waals surface area (Å²) in [6.07, 6.45) is 2.28. The predicted molar refractivity (Wildman–Crippen MR) is 108 cm³/mol. The van der Waals surface area contributed by atoms with Crippen LogP contribution >= 0.6 is 0 Å². The number of methoxy groups -OCH3 is 1. The zero-order valence-electron chi connectivity index (χ0n) is 15.6. The Hall–Kier alpha value is -2.57. The van der Waals surface area contributed by atoms with Gasteiger partial charge in [-0.1, -0.05) is 36.4 Å². The minimum atomic E-state index is 0.162. The van der Waals surface area contributed by atoms with Gasteiger partial charge in [-0.25, -0.2) is 0 Å². The molecule has 1 fully saturated rings. The molecule has 0 spiro atoms. The second kappa shape index (κ2) is 9.94. The third kappa shape index (κ3) is 5.70. The van der Waals surface area contributed by atoms with Crippen LogP contribution in [0.25, 0.3) is 11.1 Å². The highest BCUT2D eigenvalue weighted by Crippen LogP contribution is 2.29. The Balaban J connectivity index is 1.75. The molecule has 0 radical (unpaired) electrons. The van der Waals surface area contributed by atoms with Crippen molar-refractivity contribution >= 4 is 11.6 Å². The summed E-state index contributed by atoms with van der Waals surface area (Å²) in [4.78, 5) is 4.62. The molecule has 2 aromatic rings. The number of benzene rings is 2. The van der Waals surface area contributed by atoms with Crippen LogP contribution in [0.4, 0.5) is 5.69 Å². The molecule has 1 unspecified atom stereocenters. The Bertz CT molecular complexity index is 744. The number of guanidine groups is 1. The summed E-state index contributed by atoms with van der Waals surface area (Å²) >= 11 is 0. The van der Waals surface area contributed by atoms with Gasteiger partial charge in [0.2, 0.25) is 0 Å². The predicted octanol–water partition coefficient (Wildman–Crippen LogP) is 3.24. The molecule has 144 valence electrons. The summed E-state index contributed by atoms with van der Waals surface area (Å²) in [7, 11) is 1.66. The number of ether oxygens (including phenoxy) is 2. The van der Waals surface area contributed by atoms with E-state index in [2.05, 4.69) is 15.6 Å². The molecule has 6 heteroatoms. The molecule has 27 heavy (non-hydrogen) atoms.